The summed E-state index contributed by atoms with van der Waals surface area (Å²) in [4.78, 5) is 12.0. The fourth-order valence-corrected chi connectivity index (χ4v) is 2.53. The van der Waals surface area contributed by atoms with Crippen molar-refractivity contribution in [3.8, 4) is 11.5 Å². The summed E-state index contributed by atoms with van der Waals surface area (Å²) in [5.41, 5.74) is 0.696. The third kappa shape index (κ3) is 1.79. The number of hydrogen-bond donors (Lipinski definition) is 0. The Bertz CT molecular complexity index is 449. The fraction of sp³-hybridized carbons (Fsp3) is 0.500. The van der Waals surface area contributed by atoms with Crippen LogP contribution in [0.5, 0.6) is 11.5 Å². The van der Waals surface area contributed by atoms with Crippen LogP contribution in [0.15, 0.2) is 18.2 Å². The Morgan fingerprint density at radius 3 is 2.82 bits per heavy atom. The molecular formula is C14H16O3. The first-order valence-corrected chi connectivity index (χ1v) is 6.16. The molecule has 1 heterocycles. The maximum Gasteiger partial charge on any atom is 0.170 e. The third-order valence-electron chi connectivity index (χ3n) is 3.83. The molecule has 3 nitrogen and oxygen atoms in total. The van der Waals surface area contributed by atoms with Gasteiger partial charge in [-0.05, 0) is 30.9 Å². The highest BCUT2D eigenvalue weighted by Crippen LogP contribution is 2.39. The molecule has 0 N–H and O–H groups in total. The summed E-state index contributed by atoms with van der Waals surface area (Å²) >= 11 is 0. The predicted octanol–water partition coefficient (Wildman–Crippen LogP) is 2.83. The number of fused-ring (bicyclic) bond motifs is 1. The summed E-state index contributed by atoms with van der Waals surface area (Å²) in [5, 5.41) is 0. The van der Waals surface area contributed by atoms with E-state index in [1.54, 1.807) is 13.2 Å². The second kappa shape index (κ2) is 4.06. The molecule has 1 fully saturated rings. The van der Waals surface area contributed by atoms with Crippen molar-refractivity contribution in [2.75, 3.05) is 7.11 Å². The van der Waals surface area contributed by atoms with Gasteiger partial charge in [-0.1, -0.05) is 6.42 Å². The summed E-state index contributed by atoms with van der Waals surface area (Å²) in [6, 6.07) is 5.43. The highest BCUT2D eigenvalue weighted by atomic mass is 16.5. The van der Waals surface area contributed by atoms with Crippen LogP contribution >= 0.6 is 0 Å². The van der Waals surface area contributed by atoms with Crippen molar-refractivity contribution in [2.24, 2.45) is 5.92 Å². The van der Waals surface area contributed by atoms with Crippen LogP contribution in [-0.4, -0.2) is 19.0 Å². The number of methoxy groups -OCH3 is 1. The lowest BCUT2D eigenvalue weighted by Gasteiger charge is -2.36. The Labute approximate surface area is 101 Å². The van der Waals surface area contributed by atoms with Gasteiger partial charge < -0.3 is 9.47 Å². The average molecular weight is 232 g/mol. The second-order valence-corrected chi connectivity index (χ2v) is 4.84. The van der Waals surface area contributed by atoms with E-state index in [9.17, 15) is 4.79 Å². The number of hydrogen-bond acceptors (Lipinski definition) is 3. The van der Waals surface area contributed by atoms with Crippen molar-refractivity contribution >= 4 is 5.78 Å². The van der Waals surface area contributed by atoms with Crippen molar-refractivity contribution in [3.63, 3.8) is 0 Å². The van der Waals surface area contributed by atoms with Crippen molar-refractivity contribution in [1.29, 1.82) is 0 Å². The number of carbonyl (C=O) groups excluding carboxylic acids is 1. The second-order valence-electron chi connectivity index (χ2n) is 4.84. The Hall–Kier alpha value is -1.51. The standard InChI is InChI=1S/C14H16O3/c1-16-10-5-6-11-12(15)8-13(9-3-2-4-9)17-14(11)7-10/h5-7,9,13H,2-4,8H2,1H3. The highest BCUT2D eigenvalue weighted by Gasteiger charge is 2.35. The van der Waals surface area contributed by atoms with Crippen LogP contribution in [0.1, 0.15) is 36.0 Å². The lowest BCUT2D eigenvalue weighted by Crippen LogP contribution is -2.37. The maximum atomic E-state index is 12.0. The summed E-state index contributed by atoms with van der Waals surface area (Å²) in [7, 11) is 1.62. The molecule has 0 saturated heterocycles. The van der Waals surface area contributed by atoms with Crippen LogP contribution in [0.4, 0.5) is 0 Å². The first kappa shape index (κ1) is 10.6. The van der Waals surface area contributed by atoms with E-state index in [0.29, 0.717) is 23.7 Å². The van der Waals surface area contributed by atoms with E-state index < -0.39 is 0 Å². The van der Waals surface area contributed by atoms with Crippen LogP contribution < -0.4 is 9.47 Å². The number of ketones is 1. The van der Waals surface area contributed by atoms with Gasteiger partial charge in [-0.3, -0.25) is 4.79 Å². The molecule has 0 spiro atoms. The van der Waals surface area contributed by atoms with Gasteiger partial charge in [-0.2, -0.15) is 0 Å². The summed E-state index contributed by atoms with van der Waals surface area (Å²) in [6.07, 6.45) is 4.26. The molecule has 1 aromatic rings. The van der Waals surface area contributed by atoms with E-state index in [1.165, 1.54) is 19.3 Å². The molecule has 0 bridgehead atoms. The third-order valence-corrected chi connectivity index (χ3v) is 3.83. The van der Waals surface area contributed by atoms with Gasteiger partial charge in [-0.15, -0.1) is 0 Å². The van der Waals surface area contributed by atoms with Crippen molar-refractivity contribution < 1.29 is 14.3 Å². The zero-order chi connectivity index (χ0) is 11.8. The first-order valence-electron chi connectivity index (χ1n) is 6.16. The molecule has 3 heteroatoms. The minimum atomic E-state index is 0.0795. The Kier molecular flexibility index (Phi) is 2.54. The van der Waals surface area contributed by atoms with Crippen LogP contribution in [0.25, 0.3) is 0 Å². The molecule has 1 aliphatic heterocycles. The molecule has 2 aliphatic rings. The number of rotatable bonds is 2. The topological polar surface area (TPSA) is 35.5 Å². The molecule has 0 aromatic heterocycles. The Balaban J connectivity index is 1.89. The maximum absolute atomic E-state index is 12.0. The average Bonchev–Trinajstić information content (AvgIpc) is 2.26. The molecule has 0 amide bonds. The molecule has 1 aromatic carbocycles. The van der Waals surface area contributed by atoms with E-state index in [4.69, 9.17) is 9.47 Å². The van der Waals surface area contributed by atoms with Gasteiger partial charge in [0, 0.05) is 12.5 Å². The van der Waals surface area contributed by atoms with E-state index in [2.05, 4.69) is 0 Å². The minimum absolute atomic E-state index is 0.0795. The first-order chi connectivity index (χ1) is 8.28. The Morgan fingerprint density at radius 1 is 1.35 bits per heavy atom. The van der Waals surface area contributed by atoms with Gasteiger partial charge in [0.15, 0.2) is 5.78 Å². The molecule has 17 heavy (non-hydrogen) atoms. The largest absolute Gasteiger partial charge is 0.497 e. The molecule has 3 rings (SSSR count). The zero-order valence-corrected chi connectivity index (χ0v) is 9.94. The molecule has 0 radical (unpaired) electrons. The number of benzene rings is 1. The van der Waals surface area contributed by atoms with Gasteiger partial charge >= 0.3 is 0 Å². The van der Waals surface area contributed by atoms with Gasteiger partial charge in [0.2, 0.25) is 0 Å². The normalized spacial score (nSPS) is 23.6. The van der Waals surface area contributed by atoms with Crippen molar-refractivity contribution in [3.05, 3.63) is 23.8 Å². The van der Waals surface area contributed by atoms with Crippen LogP contribution in [0, 0.1) is 5.92 Å². The molecule has 90 valence electrons. The number of Topliss-reactive ketones (excluding diaryl/α,β-unsaturated/α-hetero) is 1. The van der Waals surface area contributed by atoms with E-state index in [1.807, 2.05) is 12.1 Å². The minimum Gasteiger partial charge on any atom is -0.497 e. The molecule has 1 saturated carbocycles. The van der Waals surface area contributed by atoms with E-state index in [-0.39, 0.29) is 11.9 Å². The lowest BCUT2D eigenvalue weighted by atomic mass is 9.78. The summed E-state index contributed by atoms with van der Waals surface area (Å²) in [5.74, 6) is 2.20. The molecule has 1 unspecified atom stereocenters. The monoisotopic (exact) mass is 232 g/mol. The highest BCUT2D eigenvalue weighted by molar-refractivity contribution is 6.00. The fourth-order valence-electron chi connectivity index (χ4n) is 2.53. The number of ether oxygens (including phenoxy) is 2. The zero-order valence-electron chi connectivity index (χ0n) is 9.94. The number of carbonyl (C=O) groups is 1. The Morgan fingerprint density at radius 2 is 2.18 bits per heavy atom. The van der Waals surface area contributed by atoms with Crippen molar-refractivity contribution in [1.82, 2.24) is 0 Å². The van der Waals surface area contributed by atoms with Crippen LogP contribution in [0.3, 0.4) is 0 Å². The van der Waals surface area contributed by atoms with Crippen LogP contribution in [-0.2, 0) is 0 Å². The van der Waals surface area contributed by atoms with Gasteiger partial charge in [-0.25, -0.2) is 0 Å². The quantitative estimate of drug-likeness (QED) is 0.786. The van der Waals surface area contributed by atoms with Crippen molar-refractivity contribution in [2.45, 2.75) is 31.8 Å². The summed E-state index contributed by atoms with van der Waals surface area (Å²) in [6.45, 7) is 0. The predicted molar refractivity (Wildman–Crippen MR) is 63.7 cm³/mol. The smallest absolute Gasteiger partial charge is 0.170 e. The van der Waals surface area contributed by atoms with E-state index >= 15 is 0 Å². The molecule has 1 aliphatic carbocycles. The van der Waals surface area contributed by atoms with Crippen LogP contribution in [0.2, 0.25) is 0 Å². The summed E-state index contributed by atoms with van der Waals surface area (Å²) < 4.78 is 11.1. The van der Waals surface area contributed by atoms with Gasteiger partial charge in [0.05, 0.1) is 12.7 Å². The van der Waals surface area contributed by atoms with Gasteiger partial charge in [0.25, 0.3) is 0 Å². The SMILES string of the molecule is COc1ccc2c(c1)OC(C1CCC1)CC2=O. The molecule has 1 atom stereocenters. The van der Waals surface area contributed by atoms with Gasteiger partial charge in [0.1, 0.15) is 17.6 Å². The van der Waals surface area contributed by atoms with E-state index in [0.717, 1.165) is 5.75 Å². The molecular weight excluding hydrogens is 216 g/mol. The lowest BCUT2D eigenvalue weighted by molar-refractivity contribution is 0.0546.